The van der Waals surface area contributed by atoms with Crippen LogP contribution in [0.25, 0.3) is 0 Å². The van der Waals surface area contributed by atoms with Gasteiger partial charge in [-0.25, -0.2) is 0 Å². The Morgan fingerprint density at radius 1 is 1.73 bits per heavy atom. The van der Waals surface area contributed by atoms with Gasteiger partial charge in [-0.3, -0.25) is 4.79 Å². The van der Waals surface area contributed by atoms with Crippen LogP contribution in [0.4, 0.5) is 0 Å². The summed E-state index contributed by atoms with van der Waals surface area (Å²) >= 11 is 0. The molecule has 0 bridgehead atoms. The second-order valence-electron chi connectivity index (χ2n) is 2.66. The lowest BCUT2D eigenvalue weighted by Gasteiger charge is -2.16. The molecule has 62 valence electrons. The molecule has 0 aromatic carbocycles. The Hall–Kier alpha value is -1.04. The van der Waals surface area contributed by atoms with Crippen LogP contribution in [-0.4, -0.2) is 24.4 Å². The van der Waals surface area contributed by atoms with E-state index in [1.54, 1.807) is 7.05 Å². The number of hydrogen-bond donors (Lipinski definition) is 0. The van der Waals surface area contributed by atoms with Crippen LogP contribution in [0.3, 0.4) is 0 Å². The van der Waals surface area contributed by atoms with Gasteiger partial charge < -0.3 is 4.90 Å². The van der Waals surface area contributed by atoms with E-state index < -0.39 is 0 Å². The van der Waals surface area contributed by atoms with Crippen molar-refractivity contribution in [3.05, 3.63) is 0 Å². The van der Waals surface area contributed by atoms with E-state index >= 15 is 0 Å². The summed E-state index contributed by atoms with van der Waals surface area (Å²) in [6.07, 6.45) is 0.828. The van der Waals surface area contributed by atoms with Gasteiger partial charge in [0.05, 0.1) is 6.07 Å². The SMILES string of the molecule is CCC(C)C(=O)N(C)CC#N. The maximum Gasteiger partial charge on any atom is 0.225 e. The lowest BCUT2D eigenvalue weighted by molar-refractivity contribution is -0.133. The Morgan fingerprint density at radius 3 is 2.64 bits per heavy atom. The van der Waals surface area contributed by atoms with Crippen molar-refractivity contribution in [1.29, 1.82) is 5.26 Å². The van der Waals surface area contributed by atoms with Gasteiger partial charge in [-0.15, -0.1) is 0 Å². The van der Waals surface area contributed by atoms with Crippen LogP contribution < -0.4 is 0 Å². The fraction of sp³-hybridized carbons (Fsp3) is 0.750. The summed E-state index contributed by atoms with van der Waals surface area (Å²) in [5, 5.41) is 8.30. The normalized spacial score (nSPS) is 11.8. The van der Waals surface area contributed by atoms with Crippen LogP contribution in [0.5, 0.6) is 0 Å². The quantitative estimate of drug-likeness (QED) is 0.569. The first-order valence-corrected chi connectivity index (χ1v) is 3.75. The molecule has 0 radical (unpaired) electrons. The molecule has 11 heavy (non-hydrogen) atoms. The molecule has 0 aromatic rings. The highest BCUT2D eigenvalue weighted by molar-refractivity contribution is 5.78. The summed E-state index contributed by atoms with van der Waals surface area (Å²) in [6, 6.07) is 1.93. The van der Waals surface area contributed by atoms with Gasteiger partial charge >= 0.3 is 0 Å². The number of hydrogen-bond acceptors (Lipinski definition) is 2. The third-order valence-corrected chi connectivity index (χ3v) is 1.72. The lowest BCUT2D eigenvalue weighted by atomic mass is 10.1. The Labute approximate surface area is 67.6 Å². The second-order valence-corrected chi connectivity index (χ2v) is 2.66. The molecule has 1 unspecified atom stereocenters. The Kier molecular flexibility index (Phi) is 4.28. The van der Waals surface area contributed by atoms with E-state index in [0.29, 0.717) is 0 Å². The van der Waals surface area contributed by atoms with Gasteiger partial charge in [0.15, 0.2) is 0 Å². The van der Waals surface area contributed by atoms with Crippen molar-refractivity contribution < 1.29 is 4.79 Å². The molecule has 0 N–H and O–H groups in total. The molecule has 0 fully saturated rings. The van der Waals surface area contributed by atoms with E-state index in [1.165, 1.54) is 4.90 Å². The molecule has 0 saturated heterocycles. The number of nitriles is 1. The molecular weight excluding hydrogens is 140 g/mol. The summed E-state index contributed by atoms with van der Waals surface area (Å²) in [5.74, 6) is 0.0856. The van der Waals surface area contributed by atoms with Crippen molar-refractivity contribution >= 4 is 5.91 Å². The second kappa shape index (κ2) is 4.73. The predicted molar refractivity (Wildman–Crippen MR) is 42.7 cm³/mol. The number of amides is 1. The molecule has 0 saturated carbocycles. The van der Waals surface area contributed by atoms with Crippen LogP contribution in [0, 0.1) is 17.2 Å². The molecule has 0 aliphatic heterocycles. The van der Waals surface area contributed by atoms with Crippen molar-refractivity contribution in [1.82, 2.24) is 4.90 Å². The summed E-state index contributed by atoms with van der Waals surface area (Å²) < 4.78 is 0. The average Bonchev–Trinajstić information content (AvgIpc) is 2.02. The highest BCUT2D eigenvalue weighted by atomic mass is 16.2. The van der Waals surface area contributed by atoms with E-state index in [0.717, 1.165) is 6.42 Å². The molecule has 0 spiro atoms. The third kappa shape index (κ3) is 3.03. The minimum absolute atomic E-state index is 0.0355. The van der Waals surface area contributed by atoms with Crippen LogP contribution in [0.1, 0.15) is 20.3 Å². The smallest absolute Gasteiger partial charge is 0.225 e. The van der Waals surface area contributed by atoms with Gasteiger partial charge in [-0.1, -0.05) is 13.8 Å². The summed E-state index contributed by atoms with van der Waals surface area (Å²) in [5.41, 5.74) is 0. The minimum atomic E-state index is 0.0355. The fourth-order valence-corrected chi connectivity index (χ4v) is 0.735. The molecule has 3 heteroatoms. The van der Waals surface area contributed by atoms with Crippen LogP contribution in [0.15, 0.2) is 0 Å². The topological polar surface area (TPSA) is 44.1 Å². The third-order valence-electron chi connectivity index (χ3n) is 1.72. The average molecular weight is 154 g/mol. The van der Waals surface area contributed by atoms with E-state index in [4.69, 9.17) is 5.26 Å². The number of rotatable bonds is 3. The number of carbonyl (C=O) groups excluding carboxylic acids is 1. The summed E-state index contributed by atoms with van der Waals surface area (Å²) in [7, 11) is 1.65. The lowest BCUT2D eigenvalue weighted by Crippen LogP contribution is -2.31. The van der Waals surface area contributed by atoms with Gasteiger partial charge in [0.2, 0.25) is 5.91 Å². The Bertz CT molecular complexity index is 171. The van der Waals surface area contributed by atoms with Crippen LogP contribution in [0.2, 0.25) is 0 Å². The van der Waals surface area contributed by atoms with E-state index in [2.05, 4.69) is 0 Å². The minimum Gasteiger partial charge on any atom is -0.332 e. The fourth-order valence-electron chi connectivity index (χ4n) is 0.735. The standard InChI is InChI=1S/C8H14N2O/c1-4-7(2)8(11)10(3)6-5-9/h7H,4,6H2,1-3H3. The van der Waals surface area contributed by atoms with E-state index in [9.17, 15) is 4.79 Å². The molecule has 1 amide bonds. The molecule has 1 atom stereocenters. The molecular formula is C8H14N2O. The summed E-state index contributed by atoms with van der Waals surface area (Å²) in [6.45, 7) is 4.02. The van der Waals surface area contributed by atoms with Crippen molar-refractivity contribution in [3.63, 3.8) is 0 Å². The highest BCUT2D eigenvalue weighted by Crippen LogP contribution is 2.03. The molecule has 0 aliphatic rings. The molecule has 0 heterocycles. The zero-order valence-electron chi connectivity index (χ0n) is 7.29. The van der Waals surface area contributed by atoms with Gasteiger partial charge in [0.1, 0.15) is 6.54 Å². The molecule has 0 aliphatic carbocycles. The van der Waals surface area contributed by atoms with E-state index in [-0.39, 0.29) is 18.4 Å². The zero-order chi connectivity index (χ0) is 8.85. The highest BCUT2D eigenvalue weighted by Gasteiger charge is 2.14. The Morgan fingerprint density at radius 2 is 2.27 bits per heavy atom. The van der Waals surface area contributed by atoms with Crippen molar-refractivity contribution in [2.24, 2.45) is 5.92 Å². The van der Waals surface area contributed by atoms with Crippen LogP contribution in [-0.2, 0) is 4.79 Å². The maximum absolute atomic E-state index is 11.2. The predicted octanol–water partition coefficient (Wildman–Crippen LogP) is 1.01. The molecule has 0 rings (SSSR count). The largest absolute Gasteiger partial charge is 0.332 e. The van der Waals surface area contributed by atoms with E-state index in [1.807, 2.05) is 19.9 Å². The van der Waals surface area contributed by atoms with Gasteiger partial charge in [-0.2, -0.15) is 5.26 Å². The first-order valence-electron chi connectivity index (χ1n) is 3.75. The van der Waals surface area contributed by atoms with Gasteiger partial charge in [0.25, 0.3) is 0 Å². The maximum atomic E-state index is 11.2. The van der Waals surface area contributed by atoms with Crippen molar-refractivity contribution in [3.8, 4) is 6.07 Å². The van der Waals surface area contributed by atoms with Crippen molar-refractivity contribution in [2.75, 3.05) is 13.6 Å². The van der Waals surface area contributed by atoms with Crippen molar-refractivity contribution in [2.45, 2.75) is 20.3 Å². The first-order chi connectivity index (χ1) is 5.13. The zero-order valence-corrected chi connectivity index (χ0v) is 7.29. The summed E-state index contributed by atoms with van der Waals surface area (Å²) in [4.78, 5) is 12.7. The Balaban J connectivity index is 3.93. The molecule has 3 nitrogen and oxygen atoms in total. The molecule has 0 aromatic heterocycles. The number of nitrogens with zero attached hydrogens (tertiary/aromatic N) is 2. The van der Waals surface area contributed by atoms with Crippen LogP contribution >= 0.6 is 0 Å². The van der Waals surface area contributed by atoms with Gasteiger partial charge in [-0.05, 0) is 6.42 Å². The first kappa shape index (κ1) is 9.96. The monoisotopic (exact) mass is 154 g/mol. The van der Waals surface area contributed by atoms with Gasteiger partial charge in [0, 0.05) is 13.0 Å². The number of carbonyl (C=O) groups is 1.